The number of hydrogen-bond acceptors (Lipinski definition) is 5. The number of ether oxygens (including phenoxy) is 3. The van der Waals surface area contributed by atoms with Crippen LogP contribution in [0.5, 0.6) is 11.5 Å². The quantitative estimate of drug-likeness (QED) is 0.719. The van der Waals surface area contributed by atoms with Gasteiger partial charge in [-0.3, -0.25) is 0 Å². The van der Waals surface area contributed by atoms with Crippen LogP contribution in [0.4, 0.5) is 4.39 Å². The Bertz CT molecular complexity index is 992. The van der Waals surface area contributed by atoms with Gasteiger partial charge in [0.25, 0.3) is 0 Å². The fraction of sp³-hybridized carbons (Fsp3) is 0.400. The number of halogens is 1. The molecule has 2 aliphatic rings. The highest BCUT2D eigenvalue weighted by Crippen LogP contribution is 2.33. The van der Waals surface area contributed by atoms with Crippen LogP contribution in [-0.4, -0.2) is 48.1 Å². The van der Waals surface area contributed by atoms with Crippen LogP contribution in [0.15, 0.2) is 41.3 Å². The summed E-state index contributed by atoms with van der Waals surface area (Å²) in [5.41, 5.74) is 1.33. The Morgan fingerprint density at radius 1 is 1.10 bits per heavy atom. The number of sulfonamides is 1. The highest BCUT2D eigenvalue weighted by molar-refractivity contribution is 7.89. The molecule has 2 aromatic rings. The van der Waals surface area contributed by atoms with E-state index >= 15 is 0 Å². The highest BCUT2D eigenvalue weighted by atomic mass is 32.2. The van der Waals surface area contributed by atoms with Gasteiger partial charge in [0.2, 0.25) is 16.8 Å². The van der Waals surface area contributed by atoms with Gasteiger partial charge in [-0.25, -0.2) is 17.5 Å². The first-order chi connectivity index (χ1) is 13.9. The molecule has 9 heteroatoms. The molecule has 2 heterocycles. The second-order valence-electron chi connectivity index (χ2n) is 7.20. The zero-order chi connectivity index (χ0) is 20.4. The third-order valence-electron chi connectivity index (χ3n) is 5.33. The molecule has 0 radical (unpaired) electrons. The Kier molecular flexibility index (Phi) is 5.73. The fourth-order valence-electron chi connectivity index (χ4n) is 3.79. The third-order valence-corrected chi connectivity index (χ3v) is 6.91. The molecule has 0 bridgehead atoms. The molecule has 29 heavy (non-hydrogen) atoms. The summed E-state index contributed by atoms with van der Waals surface area (Å²) in [6, 6.07) is 9.25. The summed E-state index contributed by atoms with van der Waals surface area (Å²) < 4.78 is 58.1. The summed E-state index contributed by atoms with van der Waals surface area (Å²) in [5.74, 6) is 0.891. The normalized spacial score (nSPS) is 18.0. The molecule has 4 rings (SSSR count). The average Bonchev–Trinajstić information content (AvgIpc) is 3.16. The Balaban J connectivity index is 1.58. The van der Waals surface area contributed by atoms with Crippen molar-refractivity contribution in [3.05, 3.63) is 53.3 Å². The van der Waals surface area contributed by atoms with Crippen molar-refractivity contribution in [1.82, 2.24) is 4.72 Å². The smallest absolute Gasteiger partial charge is 0.241 e. The van der Waals surface area contributed by atoms with Crippen molar-refractivity contribution in [3.63, 3.8) is 0 Å². The van der Waals surface area contributed by atoms with Gasteiger partial charge in [-0.15, -0.1) is 0 Å². The number of hydrogen-bond donors (Lipinski definition) is 2. The summed E-state index contributed by atoms with van der Waals surface area (Å²) in [6.45, 7) is 4.77. The molecule has 0 saturated carbocycles. The second kappa shape index (κ2) is 8.27. The van der Waals surface area contributed by atoms with Crippen LogP contribution < -0.4 is 19.1 Å². The Morgan fingerprint density at radius 3 is 2.62 bits per heavy atom. The molecule has 0 amide bonds. The average molecular weight is 423 g/mol. The molecule has 2 aromatic carbocycles. The zero-order valence-corrected chi connectivity index (χ0v) is 16.9. The van der Waals surface area contributed by atoms with Crippen LogP contribution in [0.2, 0.25) is 0 Å². The lowest BCUT2D eigenvalue weighted by molar-refractivity contribution is -0.937. The van der Waals surface area contributed by atoms with Crippen molar-refractivity contribution in [1.29, 1.82) is 0 Å². The van der Waals surface area contributed by atoms with Gasteiger partial charge in [0.1, 0.15) is 24.9 Å². The first kappa shape index (κ1) is 20.1. The standard InChI is InChI=1S/C20H23FN2O5S/c1-14-10-16(21)3-5-20(14)29(24,25)22-12-17(23-6-8-26-9-7-23)15-2-4-18-19(11-15)28-13-27-18/h2-5,10-11,17,22H,6-9,12-13H2,1H3/p+1/t17-/m0/s1. The summed E-state index contributed by atoms with van der Waals surface area (Å²) in [4.78, 5) is 1.31. The van der Waals surface area contributed by atoms with Crippen molar-refractivity contribution in [3.8, 4) is 11.5 Å². The van der Waals surface area contributed by atoms with E-state index in [9.17, 15) is 12.8 Å². The van der Waals surface area contributed by atoms with Crippen LogP contribution >= 0.6 is 0 Å². The lowest BCUT2D eigenvalue weighted by atomic mass is 10.0. The van der Waals surface area contributed by atoms with Gasteiger partial charge in [-0.2, -0.15) is 0 Å². The van der Waals surface area contributed by atoms with Crippen molar-refractivity contribution in [2.75, 3.05) is 39.6 Å². The van der Waals surface area contributed by atoms with Crippen molar-refractivity contribution in [2.24, 2.45) is 0 Å². The number of nitrogens with one attached hydrogen (secondary N) is 2. The van der Waals surface area contributed by atoms with E-state index < -0.39 is 15.8 Å². The summed E-state index contributed by atoms with van der Waals surface area (Å²) in [6.07, 6.45) is 0. The van der Waals surface area contributed by atoms with E-state index in [2.05, 4.69) is 4.72 Å². The molecule has 2 N–H and O–H groups in total. The molecule has 1 atom stereocenters. The molecule has 0 spiro atoms. The number of benzene rings is 2. The lowest BCUT2D eigenvalue weighted by Crippen LogP contribution is -3.15. The molecular formula is C20H24FN2O5S+. The number of rotatable bonds is 6. The second-order valence-corrected chi connectivity index (χ2v) is 8.93. The monoisotopic (exact) mass is 423 g/mol. The molecule has 0 aliphatic carbocycles. The third kappa shape index (κ3) is 4.37. The number of fused-ring (bicyclic) bond motifs is 1. The molecule has 0 unspecified atom stereocenters. The van der Waals surface area contributed by atoms with Gasteiger partial charge in [0, 0.05) is 5.56 Å². The predicted molar refractivity (Wildman–Crippen MR) is 103 cm³/mol. The maximum Gasteiger partial charge on any atom is 0.241 e. The fourth-order valence-corrected chi connectivity index (χ4v) is 5.07. The first-order valence-electron chi connectivity index (χ1n) is 9.52. The van der Waals surface area contributed by atoms with E-state index in [0.29, 0.717) is 30.3 Å². The molecule has 1 saturated heterocycles. The van der Waals surface area contributed by atoms with Crippen LogP contribution in [0.25, 0.3) is 0 Å². The van der Waals surface area contributed by atoms with Crippen LogP contribution in [0.1, 0.15) is 17.2 Å². The van der Waals surface area contributed by atoms with E-state index in [1.54, 1.807) is 6.92 Å². The number of quaternary nitrogens is 1. The van der Waals surface area contributed by atoms with Crippen LogP contribution in [0.3, 0.4) is 0 Å². The summed E-state index contributed by atoms with van der Waals surface area (Å²) in [5, 5.41) is 0. The maximum atomic E-state index is 13.4. The van der Waals surface area contributed by atoms with E-state index in [-0.39, 0.29) is 24.3 Å². The summed E-state index contributed by atoms with van der Waals surface area (Å²) >= 11 is 0. The largest absolute Gasteiger partial charge is 0.454 e. The minimum Gasteiger partial charge on any atom is -0.454 e. The molecule has 7 nitrogen and oxygen atoms in total. The Labute approximate surface area is 169 Å². The molecule has 1 fully saturated rings. The maximum absolute atomic E-state index is 13.4. The van der Waals surface area contributed by atoms with Gasteiger partial charge < -0.3 is 19.1 Å². The Hall–Kier alpha value is -2.20. The van der Waals surface area contributed by atoms with E-state index in [4.69, 9.17) is 14.2 Å². The van der Waals surface area contributed by atoms with Gasteiger partial charge in [0.05, 0.1) is 24.7 Å². The van der Waals surface area contributed by atoms with Gasteiger partial charge >= 0.3 is 0 Å². The van der Waals surface area contributed by atoms with E-state index in [1.165, 1.54) is 17.0 Å². The van der Waals surface area contributed by atoms with E-state index in [0.717, 1.165) is 24.7 Å². The van der Waals surface area contributed by atoms with E-state index in [1.807, 2.05) is 18.2 Å². The molecule has 0 aromatic heterocycles. The SMILES string of the molecule is Cc1cc(F)ccc1S(=O)(=O)NC[C@@H](c1ccc2c(c1)OCO2)[NH+]1CCOCC1. The zero-order valence-electron chi connectivity index (χ0n) is 16.1. The molecule has 2 aliphatic heterocycles. The van der Waals surface area contributed by atoms with Gasteiger partial charge in [-0.1, -0.05) is 0 Å². The Morgan fingerprint density at radius 2 is 1.86 bits per heavy atom. The van der Waals surface area contributed by atoms with Gasteiger partial charge in [-0.05, 0) is 48.9 Å². The van der Waals surface area contributed by atoms with Gasteiger partial charge in [0.15, 0.2) is 11.5 Å². The first-order valence-corrected chi connectivity index (χ1v) is 11.0. The van der Waals surface area contributed by atoms with Crippen LogP contribution in [0, 0.1) is 12.7 Å². The highest BCUT2D eigenvalue weighted by Gasteiger charge is 2.30. The van der Waals surface area contributed by atoms with Crippen molar-refractivity contribution in [2.45, 2.75) is 17.9 Å². The van der Waals surface area contributed by atoms with Crippen molar-refractivity contribution < 1.29 is 31.9 Å². The number of aryl methyl sites for hydroxylation is 1. The number of morpholine rings is 1. The summed E-state index contributed by atoms with van der Waals surface area (Å²) in [7, 11) is -3.78. The van der Waals surface area contributed by atoms with Crippen molar-refractivity contribution >= 4 is 10.0 Å². The molecular weight excluding hydrogens is 399 g/mol. The van der Waals surface area contributed by atoms with Crippen LogP contribution in [-0.2, 0) is 14.8 Å². The lowest BCUT2D eigenvalue weighted by Gasteiger charge is -2.32. The minimum absolute atomic E-state index is 0.0836. The molecule has 156 valence electrons. The topological polar surface area (TPSA) is 78.3 Å². The minimum atomic E-state index is -3.78. The predicted octanol–water partition coefficient (Wildman–Crippen LogP) is 0.798.